The Morgan fingerprint density at radius 1 is 1.59 bits per heavy atom. The minimum Gasteiger partial charge on any atom is -0.467 e. The van der Waals surface area contributed by atoms with E-state index in [0.29, 0.717) is 17.5 Å². The van der Waals surface area contributed by atoms with Gasteiger partial charge in [0.25, 0.3) is 0 Å². The molecular formula is C10H8N4O2S. The highest BCUT2D eigenvalue weighted by atomic mass is 32.2. The largest absolute Gasteiger partial charge is 0.467 e. The Morgan fingerprint density at radius 2 is 2.53 bits per heavy atom. The predicted molar refractivity (Wildman–Crippen MR) is 65.3 cm³/mol. The van der Waals surface area contributed by atoms with Gasteiger partial charge in [0.05, 0.1) is 19.1 Å². The van der Waals surface area contributed by atoms with Crippen molar-refractivity contribution in [2.45, 2.75) is 11.8 Å². The van der Waals surface area contributed by atoms with Gasteiger partial charge in [0.2, 0.25) is 5.91 Å². The number of amidine groups is 2. The second-order valence-electron chi connectivity index (χ2n) is 3.41. The van der Waals surface area contributed by atoms with Crippen LogP contribution in [0, 0.1) is 0 Å². The van der Waals surface area contributed by atoms with Crippen molar-refractivity contribution in [1.82, 2.24) is 5.32 Å². The summed E-state index contributed by atoms with van der Waals surface area (Å²) >= 11 is 1.30. The minimum absolute atomic E-state index is 0.105. The zero-order valence-electron chi connectivity index (χ0n) is 8.66. The van der Waals surface area contributed by atoms with Crippen molar-refractivity contribution in [3.05, 3.63) is 24.2 Å². The molecule has 1 aromatic rings. The van der Waals surface area contributed by atoms with Crippen LogP contribution < -0.4 is 5.32 Å². The van der Waals surface area contributed by atoms with Crippen LogP contribution in [0.1, 0.15) is 5.76 Å². The van der Waals surface area contributed by atoms with Gasteiger partial charge < -0.3 is 9.73 Å². The van der Waals surface area contributed by atoms with E-state index in [1.807, 2.05) is 6.07 Å². The molecule has 0 saturated heterocycles. The summed E-state index contributed by atoms with van der Waals surface area (Å²) in [6, 6.07) is 3.65. The van der Waals surface area contributed by atoms with Crippen molar-refractivity contribution in [3.63, 3.8) is 0 Å². The number of furan rings is 1. The average molecular weight is 248 g/mol. The third-order valence-electron chi connectivity index (χ3n) is 2.26. The lowest BCUT2D eigenvalue weighted by Crippen LogP contribution is -2.39. The van der Waals surface area contributed by atoms with Gasteiger partial charge in [0.15, 0.2) is 16.3 Å². The van der Waals surface area contributed by atoms with E-state index in [0.717, 1.165) is 5.76 Å². The van der Waals surface area contributed by atoms with Gasteiger partial charge in [-0.05, 0) is 12.1 Å². The van der Waals surface area contributed by atoms with Crippen molar-refractivity contribution < 1.29 is 9.21 Å². The molecule has 3 heterocycles. The van der Waals surface area contributed by atoms with Crippen LogP contribution in [-0.4, -0.2) is 28.5 Å². The normalized spacial score (nSPS) is 24.7. The molecular weight excluding hydrogens is 240 g/mol. The standard InChI is InChI=1S/C10H8N4O2S/c15-9-7-8(12-5-13-9)14-10(17-7)11-4-6-2-1-3-16-6/h1-3,5,7H,4H2,(H,11,12,13,14,15). The van der Waals surface area contributed by atoms with Crippen molar-refractivity contribution in [2.75, 3.05) is 0 Å². The van der Waals surface area contributed by atoms with Gasteiger partial charge in [-0.1, -0.05) is 11.8 Å². The monoisotopic (exact) mass is 248 g/mol. The fourth-order valence-electron chi connectivity index (χ4n) is 1.47. The topological polar surface area (TPSA) is 79.3 Å². The van der Waals surface area contributed by atoms with Gasteiger partial charge in [0.1, 0.15) is 5.76 Å². The molecule has 0 spiro atoms. The fourth-order valence-corrected chi connectivity index (χ4v) is 2.36. The van der Waals surface area contributed by atoms with Crippen LogP contribution in [0.15, 0.2) is 37.8 Å². The number of carbonyl (C=O) groups excluding carboxylic acids is 1. The van der Waals surface area contributed by atoms with E-state index in [1.165, 1.54) is 18.1 Å². The SMILES string of the molecule is O=C1NC=NC2=NC(=NCc3ccco3)SC12. The highest BCUT2D eigenvalue weighted by Crippen LogP contribution is 2.25. The second-order valence-corrected chi connectivity index (χ2v) is 4.49. The number of thioether (sulfide) groups is 1. The third kappa shape index (κ3) is 2.01. The summed E-state index contributed by atoms with van der Waals surface area (Å²) in [6.07, 6.45) is 2.95. The molecule has 86 valence electrons. The predicted octanol–water partition coefficient (Wildman–Crippen LogP) is 0.808. The molecule has 0 aromatic carbocycles. The quantitative estimate of drug-likeness (QED) is 0.841. The Labute approximate surface area is 101 Å². The Morgan fingerprint density at radius 3 is 3.29 bits per heavy atom. The van der Waals surface area contributed by atoms with Crippen LogP contribution in [0.2, 0.25) is 0 Å². The molecule has 1 atom stereocenters. The number of amides is 1. The summed E-state index contributed by atoms with van der Waals surface area (Å²) in [6.45, 7) is 0.421. The van der Waals surface area contributed by atoms with E-state index in [1.54, 1.807) is 12.3 Å². The first-order valence-electron chi connectivity index (χ1n) is 4.98. The van der Waals surface area contributed by atoms with Crippen LogP contribution in [-0.2, 0) is 11.3 Å². The van der Waals surface area contributed by atoms with E-state index in [9.17, 15) is 4.79 Å². The molecule has 0 aliphatic carbocycles. The van der Waals surface area contributed by atoms with Gasteiger partial charge in [-0.25, -0.2) is 9.98 Å². The first-order valence-corrected chi connectivity index (χ1v) is 5.86. The lowest BCUT2D eigenvalue weighted by atomic mass is 10.3. The van der Waals surface area contributed by atoms with Crippen LogP contribution in [0.5, 0.6) is 0 Å². The van der Waals surface area contributed by atoms with Gasteiger partial charge in [-0.15, -0.1) is 0 Å². The van der Waals surface area contributed by atoms with Gasteiger partial charge in [0, 0.05) is 0 Å². The Bertz CT molecular complexity index is 533. The average Bonchev–Trinajstić information content (AvgIpc) is 2.95. The molecule has 7 heteroatoms. The number of aliphatic imine (C=N–C) groups is 3. The molecule has 3 rings (SSSR count). The van der Waals surface area contributed by atoms with Crippen molar-refractivity contribution >= 4 is 35.0 Å². The molecule has 1 aromatic heterocycles. The highest BCUT2D eigenvalue weighted by Gasteiger charge is 2.34. The number of carbonyl (C=O) groups is 1. The number of nitrogens with zero attached hydrogens (tertiary/aromatic N) is 3. The number of nitrogens with one attached hydrogen (secondary N) is 1. The van der Waals surface area contributed by atoms with Gasteiger partial charge in [-0.3, -0.25) is 9.79 Å². The maximum Gasteiger partial charge on any atom is 0.246 e. The van der Waals surface area contributed by atoms with E-state index in [-0.39, 0.29) is 11.2 Å². The molecule has 1 unspecified atom stereocenters. The Kier molecular flexibility index (Phi) is 2.52. The zero-order valence-corrected chi connectivity index (χ0v) is 9.48. The molecule has 1 amide bonds. The molecule has 0 saturated carbocycles. The minimum atomic E-state index is -0.365. The summed E-state index contributed by atoms with van der Waals surface area (Å²) in [7, 11) is 0. The summed E-state index contributed by atoms with van der Waals surface area (Å²) in [5.41, 5.74) is 0. The summed E-state index contributed by atoms with van der Waals surface area (Å²) < 4.78 is 5.16. The smallest absolute Gasteiger partial charge is 0.246 e. The highest BCUT2D eigenvalue weighted by molar-refractivity contribution is 8.16. The van der Waals surface area contributed by atoms with E-state index in [4.69, 9.17) is 4.42 Å². The van der Waals surface area contributed by atoms with Crippen molar-refractivity contribution in [3.8, 4) is 0 Å². The third-order valence-corrected chi connectivity index (χ3v) is 3.35. The van der Waals surface area contributed by atoms with E-state index < -0.39 is 0 Å². The summed E-state index contributed by atoms with van der Waals surface area (Å²) in [5, 5.41) is 2.74. The lowest BCUT2D eigenvalue weighted by Gasteiger charge is -2.10. The number of rotatable bonds is 2. The Balaban J connectivity index is 1.75. The van der Waals surface area contributed by atoms with Crippen molar-refractivity contribution in [2.24, 2.45) is 15.0 Å². The fraction of sp³-hybridized carbons (Fsp3) is 0.200. The zero-order chi connectivity index (χ0) is 11.7. The molecule has 2 aliphatic rings. The molecule has 1 N–H and O–H groups in total. The van der Waals surface area contributed by atoms with Gasteiger partial charge >= 0.3 is 0 Å². The number of hydrogen-bond acceptors (Lipinski definition) is 5. The maximum atomic E-state index is 11.5. The Hall–Kier alpha value is -1.89. The van der Waals surface area contributed by atoms with Crippen molar-refractivity contribution in [1.29, 1.82) is 0 Å². The maximum absolute atomic E-state index is 11.5. The first kappa shape index (κ1) is 10.3. The summed E-state index contributed by atoms with van der Waals surface area (Å²) in [4.78, 5) is 23.9. The second kappa shape index (κ2) is 4.17. The first-order chi connectivity index (χ1) is 8.33. The van der Waals surface area contributed by atoms with E-state index in [2.05, 4.69) is 20.3 Å². The van der Waals surface area contributed by atoms with Crippen LogP contribution in [0.25, 0.3) is 0 Å². The molecule has 17 heavy (non-hydrogen) atoms. The molecule has 2 aliphatic heterocycles. The summed E-state index contributed by atoms with van der Waals surface area (Å²) in [5.74, 6) is 1.17. The van der Waals surface area contributed by atoms with Crippen LogP contribution in [0.4, 0.5) is 0 Å². The lowest BCUT2D eigenvalue weighted by molar-refractivity contribution is -0.118. The van der Waals surface area contributed by atoms with Crippen LogP contribution in [0.3, 0.4) is 0 Å². The van der Waals surface area contributed by atoms with Crippen LogP contribution >= 0.6 is 11.8 Å². The van der Waals surface area contributed by atoms with E-state index >= 15 is 0 Å². The number of hydrogen-bond donors (Lipinski definition) is 1. The van der Waals surface area contributed by atoms with Gasteiger partial charge in [-0.2, -0.15) is 0 Å². The molecule has 0 fully saturated rings. The molecule has 6 nitrogen and oxygen atoms in total. The molecule has 0 bridgehead atoms. The molecule has 0 radical (unpaired) electrons. The number of fused-ring (bicyclic) bond motifs is 1.